The predicted octanol–water partition coefficient (Wildman–Crippen LogP) is 4.12. The van der Waals surface area contributed by atoms with Crippen molar-refractivity contribution >= 4 is 8.38 Å². The van der Waals surface area contributed by atoms with Crippen LogP contribution in [0.1, 0.15) is 0 Å². The third-order valence-corrected chi connectivity index (χ3v) is 3.41. The molecule has 1 N–H and O–H groups in total. The number of aliphatic hydroxyl groups is 1. The SMILES string of the molecule is OCC=C=CP(Oc1ccccc1)Oc1ccccc1. The normalized spacial score (nSPS) is 9.70. The minimum Gasteiger partial charge on any atom is -0.435 e. The van der Waals surface area contributed by atoms with Crippen molar-refractivity contribution in [2.75, 3.05) is 6.61 Å². The fourth-order valence-corrected chi connectivity index (χ4v) is 2.44. The van der Waals surface area contributed by atoms with Crippen molar-refractivity contribution < 1.29 is 14.2 Å². The van der Waals surface area contributed by atoms with E-state index in [2.05, 4.69) is 5.73 Å². The topological polar surface area (TPSA) is 38.7 Å². The lowest BCUT2D eigenvalue weighted by Crippen LogP contribution is -1.92. The molecule has 0 heterocycles. The summed E-state index contributed by atoms with van der Waals surface area (Å²) in [5.74, 6) is 3.15. The van der Waals surface area contributed by atoms with Gasteiger partial charge in [-0.15, -0.1) is 5.73 Å². The van der Waals surface area contributed by atoms with E-state index < -0.39 is 8.38 Å². The molecule has 2 aromatic rings. The van der Waals surface area contributed by atoms with Crippen LogP contribution in [0.5, 0.6) is 11.5 Å². The first-order valence-corrected chi connectivity index (χ1v) is 7.40. The lowest BCUT2D eigenvalue weighted by molar-refractivity contribution is 0.343. The van der Waals surface area contributed by atoms with Gasteiger partial charge in [0, 0.05) is 0 Å². The Hall–Kier alpha value is -2.05. The van der Waals surface area contributed by atoms with Gasteiger partial charge in [0.25, 0.3) is 0 Å². The van der Waals surface area contributed by atoms with E-state index in [9.17, 15) is 0 Å². The summed E-state index contributed by atoms with van der Waals surface area (Å²) in [4.78, 5) is 0. The molecule has 0 aliphatic heterocycles. The molecule has 0 bridgehead atoms. The molecule has 102 valence electrons. The molecular formula is C16H15O3P. The Morgan fingerprint density at radius 2 is 1.40 bits per heavy atom. The van der Waals surface area contributed by atoms with E-state index in [1.807, 2.05) is 60.7 Å². The average molecular weight is 286 g/mol. The standard InChI is InChI=1S/C16H15O3P/c17-13-7-8-14-20(18-15-9-3-1-4-10-15)19-16-11-5-2-6-12-16/h1-7,9-12,14,17H,13H2. The highest BCUT2D eigenvalue weighted by Gasteiger charge is 2.10. The maximum absolute atomic E-state index is 8.75. The molecule has 0 fully saturated rings. The molecule has 0 saturated heterocycles. The highest BCUT2D eigenvalue weighted by Crippen LogP contribution is 2.41. The fourth-order valence-electron chi connectivity index (χ4n) is 1.41. The summed E-state index contributed by atoms with van der Waals surface area (Å²) >= 11 is 0. The summed E-state index contributed by atoms with van der Waals surface area (Å²) in [5, 5.41) is 8.75. The van der Waals surface area contributed by atoms with E-state index in [1.54, 1.807) is 5.82 Å². The van der Waals surface area contributed by atoms with Crippen LogP contribution in [-0.4, -0.2) is 11.7 Å². The molecule has 0 spiro atoms. The third-order valence-electron chi connectivity index (χ3n) is 2.27. The highest BCUT2D eigenvalue weighted by atomic mass is 31.2. The number of aliphatic hydroxyl groups excluding tert-OH is 1. The second-order valence-electron chi connectivity index (χ2n) is 3.78. The van der Waals surface area contributed by atoms with Gasteiger partial charge in [-0.3, -0.25) is 0 Å². The number of hydrogen-bond donors (Lipinski definition) is 1. The van der Waals surface area contributed by atoms with Crippen molar-refractivity contribution in [3.8, 4) is 11.5 Å². The highest BCUT2D eigenvalue weighted by molar-refractivity contribution is 7.51. The summed E-state index contributed by atoms with van der Waals surface area (Å²) in [6.07, 6.45) is 1.51. The van der Waals surface area contributed by atoms with Gasteiger partial charge in [-0.2, -0.15) is 0 Å². The zero-order chi connectivity index (χ0) is 14.0. The summed E-state index contributed by atoms with van der Waals surface area (Å²) in [6.45, 7) is -0.0592. The number of rotatable bonds is 6. The molecule has 2 rings (SSSR count). The minimum absolute atomic E-state index is 0.0592. The Labute approximate surface area is 119 Å². The van der Waals surface area contributed by atoms with Crippen molar-refractivity contribution in [2.24, 2.45) is 0 Å². The number of benzene rings is 2. The maximum Gasteiger partial charge on any atom is 0.326 e. The van der Waals surface area contributed by atoms with Gasteiger partial charge in [-0.25, -0.2) is 0 Å². The lowest BCUT2D eigenvalue weighted by atomic mass is 10.3. The van der Waals surface area contributed by atoms with Gasteiger partial charge >= 0.3 is 8.38 Å². The summed E-state index contributed by atoms with van der Waals surface area (Å²) < 4.78 is 11.6. The van der Waals surface area contributed by atoms with Gasteiger partial charge in [0.05, 0.1) is 12.4 Å². The molecule has 0 aromatic heterocycles. The van der Waals surface area contributed by atoms with Crippen LogP contribution in [0.3, 0.4) is 0 Å². The Morgan fingerprint density at radius 3 is 1.85 bits per heavy atom. The van der Waals surface area contributed by atoms with Crippen LogP contribution < -0.4 is 9.05 Å². The van der Waals surface area contributed by atoms with E-state index in [0.29, 0.717) is 0 Å². The first kappa shape index (κ1) is 14.4. The molecule has 0 aliphatic rings. The van der Waals surface area contributed by atoms with Crippen LogP contribution in [0.25, 0.3) is 0 Å². The van der Waals surface area contributed by atoms with E-state index in [1.165, 1.54) is 6.08 Å². The quantitative estimate of drug-likeness (QED) is 0.641. The van der Waals surface area contributed by atoms with E-state index in [4.69, 9.17) is 14.2 Å². The fraction of sp³-hybridized carbons (Fsp3) is 0.0625. The smallest absolute Gasteiger partial charge is 0.326 e. The molecule has 0 atom stereocenters. The van der Waals surface area contributed by atoms with Crippen molar-refractivity contribution in [3.63, 3.8) is 0 Å². The Bertz CT molecular complexity index is 521. The summed E-state index contributed by atoms with van der Waals surface area (Å²) in [5.41, 5.74) is 2.85. The van der Waals surface area contributed by atoms with Crippen molar-refractivity contribution in [1.82, 2.24) is 0 Å². The minimum atomic E-state index is -1.30. The van der Waals surface area contributed by atoms with Crippen LogP contribution in [0.2, 0.25) is 0 Å². The van der Waals surface area contributed by atoms with Gasteiger partial charge < -0.3 is 14.2 Å². The van der Waals surface area contributed by atoms with Gasteiger partial charge in [0.1, 0.15) is 11.5 Å². The second-order valence-corrected chi connectivity index (χ2v) is 4.97. The molecule has 0 aliphatic carbocycles. The van der Waals surface area contributed by atoms with Gasteiger partial charge in [-0.1, -0.05) is 36.4 Å². The largest absolute Gasteiger partial charge is 0.435 e. The lowest BCUT2D eigenvalue weighted by Gasteiger charge is -2.14. The number of hydrogen-bond acceptors (Lipinski definition) is 3. The van der Waals surface area contributed by atoms with Crippen molar-refractivity contribution in [2.45, 2.75) is 0 Å². The monoisotopic (exact) mass is 286 g/mol. The van der Waals surface area contributed by atoms with Crippen LogP contribution in [-0.2, 0) is 0 Å². The molecule has 0 saturated carbocycles. The molecule has 0 unspecified atom stereocenters. The second kappa shape index (κ2) is 8.19. The Kier molecular flexibility index (Phi) is 5.88. The summed E-state index contributed by atoms with van der Waals surface area (Å²) in [6, 6.07) is 18.9. The van der Waals surface area contributed by atoms with E-state index in [0.717, 1.165) is 11.5 Å². The van der Waals surface area contributed by atoms with Crippen LogP contribution in [0.4, 0.5) is 0 Å². The van der Waals surface area contributed by atoms with Gasteiger partial charge in [0.15, 0.2) is 0 Å². The molecule has 2 aromatic carbocycles. The molecule has 0 radical (unpaired) electrons. The molecule has 4 heteroatoms. The third kappa shape index (κ3) is 4.91. The predicted molar refractivity (Wildman–Crippen MR) is 80.8 cm³/mol. The molecular weight excluding hydrogens is 271 g/mol. The Balaban J connectivity index is 2.10. The zero-order valence-electron chi connectivity index (χ0n) is 10.8. The van der Waals surface area contributed by atoms with Crippen molar-refractivity contribution in [1.29, 1.82) is 0 Å². The van der Waals surface area contributed by atoms with Crippen molar-refractivity contribution in [3.05, 3.63) is 78.3 Å². The van der Waals surface area contributed by atoms with E-state index in [-0.39, 0.29) is 6.61 Å². The first-order valence-electron chi connectivity index (χ1n) is 6.15. The van der Waals surface area contributed by atoms with Crippen LogP contribution in [0, 0.1) is 0 Å². The zero-order valence-corrected chi connectivity index (χ0v) is 11.7. The maximum atomic E-state index is 8.75. The molecule has 3 nitrogen and oxygen atoms in total. The Morgan fingerprint density at radius 1 is 0.900 bits per heavy atom. The molecule has 0 amide bonds. The number of para-hydroxylation sites is 2. The summed E-state index contributed by atoms with van der Waals surface area (Å²) in [7, 11) is -1.30. The van der Waals surface area contributed by atoms with Crippen LogP contribution in [0.15, 0.2) is 78.3 Å². The molecule has 20 heavy (non-hydrogen) atoms. The van der Waals surface area contributed by atoms with E-state index >= 15 is 0 Å². The van der Waals surface area contributed by atoms with Gasteiger partial charge in [-0.05, 0) is 30.3 Å². The van der Waals surface area contributed by atoms with Gasteiger partial charge in [0.2, 0.25) is 0 Å². The first-order chi connectivity index (χ1) is 9.88. The average Bonchev–Trinajstić information content (AvgIpc) is 2.49. The van der Waals surface area contributed by atoms with Crippen LogP contribution >= 0.6 is 8.38 Å².